The van der Waals surface area contributed by atoms with Crippen molar-refractivity contribution in [2.24, 2.45) is 0 Å². The van der Waals surface area contributed by atoms with Crippen molar-refractivity contribution in [2.75, 3.05) is 39.4 Å². The molecule has 0 unspecified atom stereocenters. The van der Waals surface area contributed by atoms with E-state index in [0.717, 1.165) is 58.0 Å². The van der Waals surface area contributed by atoms with Gasteiger partial charge in [0.15, 0.2) is 5.76 Å². The molecule has 1 amide bonds. The highest BCUT2D eigenvalue weighted by Crippen LogP contribution is 2.22. The lowest BCUT2D eigenvalue weighted by Gasteiger charge is -2.32. The normalized spacial score (nSPS) is 21.8. The van der Waals surface area contributed by atoms with Gasteiger partial charge in [-0.15, -0.1) is 0 Å². The molecule has 1 atom stereocenters. The van der Waals surface area contributed by atoms with Crippen molar-refractivity contribution >= 4 is 5.91 Å². The zero-order valence-electron chi connectivity index (χ0n) is 14.3. The van der Waals surface area contributed by atoms with Crippen molar-refractivity contribution in [1.29, 1.82) is 0 Å². The lowest BCUT2D eigenvalue weighted by Crippen LogP contribution is -2.46. The van der Waals surface area contributed by atoms with Crippen molar-refractivity contribution in [1.82, 2.24) is 19.6 Å². The number of nitrogens with zero attached hydrogens (tertiary/aromatic N) is 4. The van der Waals surface area contributed by atoms with Gasteiger partial charge in [0, 0.05) is 44.6 Å². The van der Waals surface area contributed by atoms with E-state index >= 15 is 0 Å². The van der Waals surface area contributed by atoms with E-state index in [4.69, 9.17) is 9.15 Å². The number of morpholine rings is 1. The molecule has 2 aromatic heterocycles. The van der Waals surface area contributed by atoms with Crippen LogP contribution in [0.25, 0.3) is 0 Å². The monoisotopic (exact) mass is 344 g/mol. The number of aromatic nitrogens is 2. The smallest absolute Gasteiger partial charge is 0.289 e. The minimum atomic E-state index is 0.00229. The fourth-order valence-corrected chi connectivity index (χ4v) is 3.65. The van der Waals surface area contributed by atoms with E-state index in [1.165, 1.54) is 0 Å². The number of furan rings is 1. The Hall–Kier alpha value is -2.12. The summed E-state index contributed by atoms with van der Waals surface area (Å²) < 4.78 is 13.0. The second-order valence-electron chi connectivity index (χ2n) is 6.68. The van der Waals surface area contributed by atoms with Crippen LogP contribution in [0.1, 0.15) is 29.2 Å². The molecule has 2 aliphatic heterocycles. The number of amides is 1. The highest BCUT2D eigenvalue weighted by atomic mass is 16.5. The first kappa shape index (κ1) is 16.4. The van der Waals surface area contributed by atoms with Gasteiger partial charge in [-0.1, -0.05) is 0 Å². The van der Waals surface area contributed by atoms with Crippen LogP contribution in [0.5, 0.6) is 0 Å². The van der Waals surface area contributed by atoms with Crippen molar-refractivity contribution in [2.45, 2.75) is 25.4 Å². The van der Waals surface area contributed by atoms with Crippen molar-refractivity contribution in [3.63, 3.8) is 0 Å². The number of hydrogen-bond acceptors (Lipinski definition) is 5. The molecule has 2 aromatic rings. The molecule has 0 bridgehead atoms. The zero-order chi connectivity index (χ0) is 17.1. The molecule has 0 aromatic carbocycles. The maximum absolute atomic E-state index is 12.9. The summed E-state index contributed by atoms with van der Waals surface area (Å²) in [7, 11) is 0. The predicted molar refractivity (Wildman–Crippen MR) is 91.4 cm³/mol. The minimum absolute atomic E-state index is 0.00229. The van der Waals surface area contributed by atoms with E-state index < -0.39 is 0 Å². The third-order valence-electron chi connectivity index (χ3n) is 4.96. The summed E-state index contributed by atoms with van der Waals surface area (Å²) in [6.07, 6.45) is 5.73. The van der Waals surface area contributed by atoms with E-state index in [2.05, 4.69) is 10.00 Å². The van der Waals surface area contributed by atoms with Crippen LogP contribution in [0.2, 0.25) is 0 Å². The first-order valence-corrected chi connectivity index (χ1v) is 8.97. The molecule has 0 saturated carbocycles. The van der Waals surface area contributed by atoms with Gasteiger partial charge in [0.05, 0.1) is 19.8 Å². The third kappa shape index (κ3) is 3.77. The maximum Gasteiger partial charge on any atom is 0.289 e. The van der Waals surface area contributed by atoms with E-state index in [9.17, 15) is 4.79 Å². The molecular formula is C18H24N4O3. The average Bonchev–Trinajstić information content (AvgIpc) is 3.38. The molecule has 2 saturated heterocycles. The summed E-state index contributed by atoms with van der Waals surface area (Å²) >= 11 is 0. The summed E-state index contributed by atoms with van der Waals surface area (Å²) in [5.74, 6) is 1.18. The number of carbonyl (C=O) groups excluding carboxylic acids is 1. The number of hydrogen-bond donors (Lipinski definition) is 0. The van der Waals surface area contributed by atoms with Gasteiger partial charge >= 0.3 is 0 Å². The van der Waals surface area contributed by atoms with Crippen LogP contribution in [0.4, 0.5) is 0 Å². The Morgan fingerprint density at radius 2 is 2.12 bits per heavy atom. The van der Waals surface area contributed by atoms with Crippen LogP contribution >= 0.6 is 0 Å². The Labute approximate surface area is 147 Å². The topological polar surface area (TPSA) is 63.7 Å². The highest BCUT2D eigenvalue weighted by molar-refractivity contribution is 5.92. The van der Waals surface area contributed by atoms with Crippen molar-refractivity contribution in [3.8, 4) is 0 Å². The molecule has 7 heteroatoms. The Balaban J connectivity index is 1.40. The molecule has 7 nitrogen and oxygen atoms in total. The largest absolute Gasteiger partial charge is 0.454 e. The van der Waals surface area contributed by atoms with Gasteiger partial charge in [-0.2, -0.15) is 5.10 Å². The third-order valence-corrected chi connectivity index (χ3v) is 4.96. The number of likely N-dealkylation sites (tertiary alicyclic amines) is 1. The molecule has 2 fully saturated rings. The van der Waals surface area contributed by atoms with E-state index in [1.54, 1.807) is 16.9 Å². The van der Waals surface area contributed by atoms with Crippen LogP contribution < -0.4 is 0 Å². The average molecular weight is 344 g/mol. The predicted octanol–water partition coefficient (Wildman–Crippen LogP) is 1.46. The van der Waals surface area contributed by atoms with Crippen LogP contribution in [-0.2, 0) is 11.3 Å². The Bertz CT molecular complexity index is 691. The van der Waals surface area contributed by atoms with Gasteiger partial charge in [0.2, 0.25) is 0 Å². The van der Waals surface area contributed by atoms with Gasteiger partial charge in [0.1, 0.15) is 5.76 Å². The van der Waals surface area contributed by atoms with Crippen LogP contribution in [-0.4, -0.2) is 70.9 Å². The standard InChI is InChI=1S/C18H24N4O3/c23-18(17-5-4-16(25-17)14-21-7-2-6-19-21)22-8-1-3-15(22)13-20-9-11-24-12-10-20/h2,4-7,15H,1,3,8-14H2/t15-/m0/s1. The molecule has 0 N–H and O–H groups in total. The molecule has 0 aliphatic carbocycles. The summed E-state index contributed by atoms with van der Waals surface area (Å²) in [6, 6.07) is 5.79. The molecule has 0 radical (unpaired) electrons. The molecule has 134 valence electrons. The SMILES string of the molecule is O=C(c1ccc(Cn2cccn2)o1)N1CCC[C@H]1CN1CCOCC1. The minimum Gasteiger partial charge on any atom is -0.454 e. The molecule has 4 heterocycles. The first-order valence-electron chi connectivity index (χ1n) is 8.97. The van der Waals surface area contributed by atoms with Gasteiger partial charge in [-0.25, -0.2) is 0 Å². The van der Waals surface area contributed by atoms with Crippen LogP contribution in [0, 0.1) is 0 Å². The molecular weight excluding hydrogens is 320 g/mol. The van der Waals surface area contributed by atoms with Gasteiger partial charge in [-0.3, -0.25) is 14.4 Å². The Kier molecular flexibility index (Phi) is 4.85. The quantitative estimate of drug-likeness (QED) is 0.822. The number of ether oxygens (including phenoxy) is 1. The maximum atomic E-state index is 12.9. The van der Waals surface area contributed by atoms with E-state index in [-0.39, 0.29) is 11.9 Å². The lowest BCUT2D eigenvalue weighted by atomic mass is 10.2. The second-order valence-corrected chi connectivity index (χ2v) is 6.68. The van der Waals surface area contributed by atoms with Gasteiger partial charge in [-0.05, 0) is 31.0 Å². The van der Waals surface area contributed by atoms with Crippen LogP contribution in [0.15, 0.2) is 35.0 Å². The van der Waals surface area contributed by atoms with E-state index in [1.807, 2.05) is 23.2 Å². The molecule has 0 spiro atoms. The van der Waals surface area contributed by atoms with Gasteiger partial charge < -0.3 is 14.1 Å². The molecule has 2 aliphatic rings. The second kappa shape index (κ2) is 7.41. The molecule has 25 heavy (non-hydrogen) atoms. The summed E-state index contributed by atoms with van der Waals surface area (Å²) in [6.45, 7) is 5.75. The lowest BCUT2D eigenvalue weighted by molar-refractivity contribution is 0.0256. The fourth-order valence-electron chi connectivity index (χ4n) is 3.65. The van der Waals surface area contributed by atoms with Gasteiger partial charge in [0.25, 0.3) is 5.91 Å². The van der Waals surface area contributed by atoms with E-state index in [0.29, 0.717) is 12.3 Å². The summed E-state index contributed by atoms with van der Waals surface area (Å²) in [5, 5.41) is 4.17. The molecule has 4 rings (SSSR count). The summed E-state index contributed by atoms with van der Waals surface area (Å²) in [5.41, 5.74) is 0. The number of rotatable bonds is 5. The Morgan fingerprint density at radius 3 is 2.92 bits per heavy atom. The highest BCUT2D eigenvalue weighted by Gasteiger charge is 2.32. The Morgan fingerprint density at radius 1 is 1.24 bits per heavy atom. The van der Waals surface area contributed by atoms with Crippen molar-refractivity contribution in [3.05, 3.63) is 42.1 Å². The van der Waals surface area contributed by atoms with Crippen molar-refractivity contribution < 1.29 is 13.9 Å². The summed E-state index contributed by atoms with van der Waals surface area (Å²) in [4.78, 5) is 17.3. The van der Waals surface area contributed by atoms with Crippen LogP contribution in [0.3, 0.4) is 0 Å². The fraction of sp³-hybridized carbons (Fsp3) is 0.556. The zero-order valence-corrected chi connectivity index (χ0v) is 14.3. The first-order chi connectivity index (χ1) is 12.3. The number of carbonyl (C=O) groups is 1.